The van der Waals surface area contributed by atoms with E-state index in [1.807, 2.05) is 12.3 Å². The Bertz CT molecular complexity index is 262. The van der Waals surface area contributed by atoms with Crippen molar-refractivity contribution >= 4 is 0 Å². The van der Waals surface area contributed by atoms with Gasteiger partial charge >= 0.3 is 0 Å². The molecule has 0 amide bonds. The Hall–Kier alpha value is -0.830. The molecular weight excluding hydrogens is 186 g/mol. The van der Waals surface area contributed by atoms with E-state index in [0.717, 1.165) is 12.5 Å². The lowest BCUT2D eigenvalue weighted by Gasteiger charge is -2.14. The zero-order valence-electron chi connectivity index (χ0n) is 9.50. The third-order valence-electron chi connectivity index (χ3n) is 3.47. The summed E-state index contributed by atoms with van der Waals surface area (Å²) in [6.45, 7) is 3.31. The average Bonchev–Trinajstić information content (AvgIpc) is 2.90. The number of nitrogens with one attached hydrogen (secondary N) is 2. The van der Waals surface area contributed by atoms with Gasteiger partial charge in [-0.15, -0.1) is 0 Å². The lowest BCUT2D eigenvalue weighted by molar-refractivity contribution is 0.451. The van der Waals surface area contributed by atoms with Crippen LogP contribution in [0.2, 0.25) is 0 Å². The fourth-order valence-electron chi connectivity index (χ4n) is 2.42. The van der Waals surface area contributed by atoms with Crippen LogP contribution < -0.4 is 5.32 Å². The highest BCUT2D eigenvalue weighted by molar-refractivity contribution is 5.02. The molecule has 1 aromatic heterocycles. The maximum absolute atomic E-state index is 3.96. The first-order valence-electron chi connectivity index (χ1n) is 6.09. The number of nitrogens with zero attached hydrogens (tertiary/aromatic N) is 1. The quantitative estimate of drug-likeness (QED) is 0.779. The van der Waals surface area contributed by atoms with Crippen molar-refractivity contribution in [2.45, 2.75) is 45.1 Å². The van der Waals surface area contributed by atoms with Crippen LogP contribution in [0.25, 0.3) is 0 Å². The molecule has 1 heterocycles. The van der Waals surface area contributed by atoms with Crippen LogP contribution in [0.3, 0.4) is 0 Å². The molecule has 3 nitrogen and oxygen atoms in total. The molecule has 0 spiro atoms. The molecule has 1 aromatic rings. The number of H-pyrrole nitrogens is 1. The van der Waals surface area contributed by atoms with Crippen molar-refractivity contribution in [3.63, 3.8) is 0 Å². The summed E-state index contributed by atoms with van der Waals surface area (Å²) in [6, 6.07) is 2.43. The summed E-state index contributed by atoms with van der Waals surface area (Å²) in [6.07, 6.45) is 8.92. The predicted molar refractivity (Wildman–Crippen MR) is 61.6 cm³/mol. The predicted octanol–water partition coefficient (Wildman–Crippen LogP) is 2.64. The summed E-state index contributed by atoms with van der Waals surface area (Å²) in [5.74, 6) is 0.978. The molecule has 1 atom stereocenters. The van der Waals surface area contributed by atoms with Crippen LogP contribution >= 0.6 is 0 Å². The lowest BCUT2D eigenvalue weighted by atomic mass is 10.0. The van der Waals surface area contributed by atoms with Crippen LogP contribution in [-0.4, -0.2) is 16.7 Å². The minimum Gasteiger partial charge on any atom is -0.309 e. The number of rotatable bonds is 5. The van der Waals surface area contributed by atoms with Gasteiger partial charge in [-0.05, 0) is 31.9 Å². The minimum atomic E-state index is 0.397. The normalized spacial score (nSPS) is 19.5. The fourth-order valence-corrected chi connectivity index (χ4v) is 2.42. The first-order valence-corrected chi connectivity index (χ1v) is 6.09. The van der Waals surface area contributed by atoms with E-state index in [2.05, 4.69) is 22.4 Å². The lowest BCUT2D eigenvalue weighted by Crippen LogP contribution is -2.21. The average molecular weight is 207 g/mol. The Labute approximate surface area is 91.7 Å². The Kier molecular flexibility index (Phi) is 3.78. The standard InChI is InChI=1S/C12H21N3/c1-10(12-7-9-14-15-12)13-8-6-11-4-2-3-5-11/h7,9-11,13H,2-6,8H2,1H3,(H,14,15). The molecule has 3 heteroatoms. The van der Waals surface area contributed by atoms with Crippen molar-refractivity contribution in [3.8, 4) is 0 Å². The van der Waals surface area contributed by atoms with E-state index in [1.165, 1.54) is 37.8 Å². The fraction of sp³-hybridized carbons (Fsp3) is 0.750. The van der Waals surface area contributed by atoms with Crippen molar-refractivity contribution in [2.75, 3.05) is 6.54 Å². The largest absolute Gasteiger partial charge is 0.309 e. The molecule has 15 heavy (non-hydrogen) atoms. The molecule has 1 fully saturated rings. The van der Waals surface area contributed by atoms with Gasteiger partial charge in [0.15, 0.2) is 0 Å². The summed E-state index contributed by atoms with van der Waals surface area (Å²) in [4.78, 5) is 0. The number of aromatic amines is 1. The second-order valence-corrected chi connectivity index (χ2v) is 4.63. The van der Waals surface area contributed by atoms with Gasteiger partial charge in [0.25, 0.3) is 0 Å². The zero-order valence-corrected chi connectivity index (χ0v) is 9.50. The van der Waals surface area contributed by atoms with Crippen molar-refractivity contribution < 1.29 is 0 Å². The minimum absolute atomic E-state index is 0.397. The van der Waals surface area contributed by atoms with Gasteiger partial charge < -0.3 is 5.32 Å². The molecular formula is C12H21N3. The third-order valence-corrected chi connectivity index (χ3v) is 3.47. The van der Waals surface area contributed by atoms with Crippen molar-refractivity contribution in [2.24, 2.45) is 5.92 Å². The molecule has 0 saturated heterocycles. The Morgan fingerprint density at radius 1 is 1.53 bits per heavy atom. The highest BCUT2D eigenvalue weighted by atomic mass is 15.1. The summed E-state index contributed by atoms with van der Waals surface area (Å²) >= 11 is 0. The topological polar surface area (TPSA) is 40.7 Å². The van der Waals surface area contributed by atoms with Gasteiger partial charge in [0.1, 0.15) is 0 Å². The third kappa shape index (κ3) is 3.06. The molecule has 84 valence electrons. The van der Waals surface area contributed by atoms with Gasteiger partial charge in [0, 0.05) is 12.2 Å². The van der Waals surface area contributed by atoms with Crippen LogP contribution in [0, 0.1) is 5.92 Å². The van der Waals surface area contributed by atoms with Gasteiger partial charge in [-0.1, -0.05) is 25.7 Å². The summed E-state index contributed by atoms with van der Waals surface area (Å²) < 4.78 is 0. The van der Waals surface area contributed by atoms with E-state index >= 15 is 0 Å². The van der Waals surface area contributed by atoms with Crippen molar-refractivity contribution in [1.29, 1.82) is 0 Å². The molecule has 2 N–H and O–H groups in total. The smallest absolute Gasteiger partial charge is 0.0518 e. The van der Waals surface area contributed by atoms with Crippen LogP contribution in [-0.2, 0) is 0 Å². The van der Waals surface area contributed by atoms with Gasteiger partial charge in [-0.3, -0.25) is 5.10 Å². The van der Waals surface area contributed by atoms with Gasteiger partial charge in [0.2, 0.25) is 0 Å². The second kappa shape index (κ2) is 5.31. The van der Waals surface area contributed by atoms with E-state index in [4.69, 9.17) is 0 Å². The SMILES string of the molecule is CC(NCCC1CCCC1)c1ccn[nH]1. The monoisotopic (exact) mass is 207 g/mol. The Balaban J connectivity index is 1.65. The van der Waals surface area contributed by atoms with E-state index in [0.29, 0.717) is 6.04 Å². The molecule has 0 aliphatic heterocycles. The van der Waals surface area contributed by atoms with Crippen LogP contribution in [0.1, 0.15) is 50.8 Å². The molecule has 1 aliphatic carbocycles. The molecule has 0 aromatic carbocycles. The highest BCUT2D eigenvalue weighted by Crippen LogP contribution is 2.27. The molecule has 1 aliphatic rings. The van der Waals surface area contributed by atoms with E-state index in [1.54, 1.807) is 0 Å². The first-order chi connectivity index (χ1) is 7.36. The van der Waals surface area contributed by atoms with Gasteiger partial charge in [-0.2, -0.15) is 5.10 Å². The van der Waals surface area contributed by atoms with E-state index in [-0.39, 0.29) is 0 Å². The molecule has 2 rings (SSSR count). The number of hydrogen-bond donors (Lipinski definition) is 2. The molecule has 0 bridgehead atoms. The van der Waals surface area contributed by atoms with Crippen molar-refractivity contribution in [3.05, 3.63) is 18.0 Å². The second-order valence-electron chi connectivity index (χ2n) is 4.63. The van der Waals surface area contributed by atoms with Crippen LogP contribution in [0.15, 0.2) is 12.3 Å². The summed E-state index contributed by atoms with van der Waals surface area (Å²) in [5.41, 5.74) is 1.18. The molecule has 1 saturated carbocycles. The maximum atomic E-state index is 3.96. The van der Waals surface area contributed by atoms with Crippen LogP contribution in [0.4, 0.5) is 0 Å². The Morgan fingerprint density at radius 2 is 2.33 bits per heavy atom. The van der Waals surface area contributed by atoms with E-state index in [9.17, 15) is 0 Å². The first kappa shape index (κ1) is 10.7. The van der Waals surface area contributed by atoms with Crippen molar-refractivity contribution in [1.82, 2.24) is 15.5 Å². The highest BCUT2D eigenvalue weighted by Gasteiger charge is 2.14. The summed E-state index contributed by atoms with van der Waals surface area (Å²) in [7, 11) is 0. The summed E-state index contributed by atoms with van der Waals surface area (Å²) in [5, 5.41) is 10.5. The zero-order chi connectivity index (χ0) is 10.5. The van der Waals surface area contributed by atoms with Gasteiger partial charge in [0.05, 0.1) is 5.69 Å². The molecule has 0 radical (unpaired) electrons. The number of aromatic nitrogens is 2. The molecule has 1 unspecified atom stereocenters. The maximum Gasteiger partial charge on any atom is 0.0518 e. The van der Waals surface area contributed by atoms with Crippen LogP contribution in [0.5, 0.6) is 0 Å². The Morgan fingerprint density at radius 3 is 3.00 bits per heavy atom. The number of hydrogen-bond acceptors (Lipinski definition) is 2. The van der Waals surface area contributed by atoms with E-state index < -0.39 is 0 Å². The van der Waals surface area contributed by atoms with Gasteiger partial charge in [-0.25, -0.2) is 0 Å².